The zero-order valence-corrected chi connectivity index (χ0v) is 11.9. The summed E-state index contributed by atoms with van der Waals surface area (Å²) >= 11 is 3.46. The van der Waals surface area contributed by atoms with Gasteiger partial charge in [0.2, 0.25) is 0 Å². The molecule has 0 radical (unpaired) electrons. The van der Waals surface area contributed by atoms with E-state index in [1.54, 1.807) is 0 Å². The minimum atomic E-state index is -0.339. The highest BCUT2D eigenvalue weighted by molar-refractivity contribution is 9.10. The van der Waals surface area contributed by atoms with Crippen LogP contribution in [0.2, 0.25) is 0 Å². The molecule has 1 aromatic carbocycles. The summed E-state index contributed by atoms with van der Waals surface area (Å²) in [7, 11) is 0. The van der Waals surface area contributed by atoms with Crippen molar-refractivity contribution in [2.24, 2.45) is 0 Å². The first-order chi connectivity index (χ1) is 8.13. The van der Waals surface area contributed by atoms with E-state index in [0.29, 0.717) is 19.1 Å². The topological polar surface area (TPSA) is 21.3 Å². The SMILES string of the molecule is CC(C)NCc1ccc(OCCCF)c(Br)c1. The van der Waals surface area contributed by atoms with E-state index in [1.165, 1.54) is 5.56 Å². The normalized spacial score (nSPS) is 10.9. The van der Waals surface area contributed by atoms with Crippen LogP contribution in [0.3, 0.4) is 0 Å². The highest BCUT2D eigenvalue weighted by Crippen LogP contribution is 2.26. The zero-order chi connectivity index (χ0) is 12.7. The van der Waals surface area contributed by atoms with Gasteiger partial charge >= 0.3 is 0 Å². The fourth-order valence-corrected chi connectivity index (χ4v) is 1.87. The van der Waals surface area contributed by atoms with Crippen molar-refractivity contribution in [1.82, 2.24) is 5.32 Å². The largest absolute Gasteiger partial charge is 0.492 e. The van der Waals surface area contributed by atoms with Gasteiger partial charge in [-0.3, -0.25) is 4.39 Å². The summed E-state index contributed by atoms with van der Waals surface area (Å²) in [6, 6.07) is 6.43. The van der Waals surface area contributed by atoms with E-state index in [-0.39, 0.29) is 6.67 Å². The molecule has 17 heavy (non-hydrogen) atoms. The van der Waals surface area contributed by atoms with Gasteiger partial charge in [-0.1, -0.05) is 19.9 Å². The molecule has 0 aliphatic carbocycles. The fourth-order valence-electron chi connectivity index (χ4n) is 1.33. The molecule has 4 heteroatoms. The monoisotopic (exact) mass is 303 g/mol. The van der Waals surface area contributed by atoms with Gasteiger partial charge in [-0.25, -0.2) is 0 Å². The molecule has 0 heterocycles. The number of alkyl halides is 1. The lowest BCUT2D eigenvalue weighted by Gasteiger charge is -2.11. The Balaban J connectivity index is 2.53. The van der Waals surface area contributed by atoms with Gasteiger partial charge in [0.1, 0.15) is 5.75 Å². The van der Waals surface area contributed by atoms with Crippen LogP contribution in [0.15, 0.2) is 22.7 Å². The van der Waals surface area contributed by atoms with Crippen molar-refractivity contribution in [2.45, 2.75) is 32.9 Å². The molecule has 0 fully saturated rings. The van der Waals surface area contributed by atoms with Crippen molar-refractivity contribution >= 4 is 15.9 Å². The van der Waals surface area contributed by atoms with Crippen molar-refractivity contribution < 1.29 is 9.13 Å². The number of hydrogen-bond donors (Lipinski definition) is 1. The number of rotatable bonds is 7. The summed E-state index contributed by atoms with van der Waals surface area (Å²) in [4.78, 5) is 0. The van der Waals surface area contributed by atoms with Crippen molar-refractivity contribution in [3.05, 3.63) is 28.2 Å². The summed E-state index contributed by atoms with van der Waals surface area (Å²) in [5, 5.41) is 3.35. The average molecular weight is 304 g/mol. The molecule has 0 saturated heterocycles. The zero-order valence-electron chi connectivity index (χ0n) is 10.3. The summed E-state index contributed by atoms with van der Waals surface area (Å²) in [5.41, 5.74) is 1.20. The molecule has 0 spiro atoms. The van der Waals surface area contributed by atoms with Gasteiger partial charge in [0, 0.05) is 19.0 Å². The Morgan fingerprint density at radius 3 is 2.76 bits per heavy atom. The molecule has 0 amide bonds. The van der Waals surface area contributed by atoms with E-state index in [9.17, 15) is 4.39 Å². The first kappa shape index (κ1) is 14.5. The van der Waals surface area contributed by atoms with Gasteiger partial charge in [0.15, 0.2) is 0 Å². The number of nitrogens with one attached hydrogen (secondary N) is 1. The van der Waals surface area contributed by atoms with Crippen LogP contribution in [0.1, 0.15) is 25.8 Å². The predicted octanol–water partition coefficient (Wildman–Crippen LogP) is 3.69. The van der Waals surface area contributed by atoms with Gasteiger partial charge in [-0.05, 0) is 33.6 Å². The third kappa shape index (κ3) is 5.50. The lowest BCUT2D eigenvalue weighted by atomic mass is 10.2. The van der Waals surface area contributed by atoms with Crippen molar-refractivity contribution in [3.63, 3.8) is 0 Å². The van der Waals surface area contributed by atoms with Crippen LogP contribution in [-0.2, 0) is 6.54 Å². The number of ether oxygens (including phenoxy) is 1. The lowest BCUT2D eigenvalue weighted by molar-refractivity contribution is 0.288. The van der Waals surface area contributed by atoms with Gasteiger partial charge in [-0.2, -0.15) is 0 Å². The van der Waals surface area contributed by atoms with Gasteiger partial charge in [0.05, 0.1) is 17.8 Å². The Morgan fingerprint density at radius 2 is 2.18 bits per heavy atom. The van der Waals surface area contributed by atoms with E-state index in [2.05, 4.69) is 35.1 Å². The van der Waals surface area contributed by atoms with E-state index in [0.717, 1.165) is 16.8 Å². The van der Waals surface area contributed by atoms with Crippen LogP contribution in [0, 0.1) is 0 Å². The molecular formula is C13H19BrFNO. The van der Waals surface area contributed by atoms with Crippen molar-refractivity contribution in [1.29, 1.82) is 0 Å². The maximum absolute atomic E-state index is 11.9. The van der Waals surface area contributed by atoms with E-state index < -0.39 is 0 Å². The smallest absolute Gasteiger partial charge is 0.133 e. The molecule has 0 atom stereocenters. The Hall–Kier alpha value is -0.610. The second-order valence-corrected chi connectivity index (χ2v) is 5.05. The minimum Gasteiger partial charge on any atom is -0.492 e. The molecule has 1 aromatic rings. The summed E-state index contributed by atoms with van der Waals surface area (Å²) in [6.45, 7) is 5.14. The summed E-state index contributed by atoms with van der Waals surface area (Å²) in [6.07, 6.45) is 0.434. The van der Waals surface area contributed by atoms with Crippen LogP contribution in [-0.4, -0.2) is 19.3 Å². The van der Waals surface area contributed by atoms with E-state index >= 15 is 0 Å². The number of benzene rings is 1. The van der Waals surface area contributed by atoms with Crippen LogP contribution in [0.25, 0.3) is 0 Å². The highest BCUT2D eigenvalue weighted by atomic mass is 79.9. The van der Waals surface area contributed by atoms with Crippen molar-refractivity contribution in [3.8, 4) is 5.75 Å². The molecule has 1 N–H and O–H groups in total. The van der Waals surface area contributed by atoms with Gasteiger partial charge < -0.3 is 10.1 Å². The number of hydrogen-bond acceptors (Lipinski definition) is 2. The molecular weight excluding hydrogens is 285 g/mol. The Morgan fingerprint density at radius 1 is 1.41 bits per heavy atom. The molecule has 96 valence electrons. The van der Waals surface area contributed by atoms with E-state index in [4.69, 9.17) is 4.74 Å². The molecule has 0 unspecified atom stereocenters. The molecule has 1 rings (SSSR count). The second kappa shape index (κ2) is 7.67. The predicted molar refractivity (Wildman–Crippen MR) is 72.2 cm³/mol. The van der Waals surface area contributed by atoms with E-state index in [1.807, 2.05) is 18.2 Å². The Bertz CT molecular complexity index is 344. The molecule has 0 saturated carbocycles. The fraction of sp³-hybridized carbons (Fsp3) is 0.538. The quantitative estimate of drug-likeness (QED) is 0.776. The highest BCUT2D eigenvalue weighted by Gasteiger charge is 2.03. The first-order valence-corrected chi connectivity index (χ1v) is 6.63. The third-order valence-electron chi connectivity index (χ3n) is 2.25. The van der Waals surface area contributed by atoms with Crippen LogP contribution < -0.4 is 10.1 Å². The molecule has 2 nitrogen and oxygen atoms in total. The lowest BCUT2D eigenvalue weighted by Crippen LogP contribution is -2.21. The van der Waals surface area contributed by atoms with Crippen LogP contribution >= 0.6 is 15.9 Å². The minimum absolute atomic E-state index is 0.339. The molecule has 0 aromatic heterocycles. The average Bonchev–Trinajstić information content (AvgIpc) is 2.29. The van der Waals surface area contributed by atoms with Crippen LogP contribution in [0.5, 0.6) is 5.75 Å². The maximum Gasteiger partial charge on any atom is 0.133 e. The number of halogens is 2. The summed E-state index contributed by atoms with van der Waals surface area (Å²) in [5.74, 6) is 0.770. The maximum atomic E-state index is 11.9. The molecule has 0 aliphatic heterocycles. The Labute approximate surface area is 111 Å². The second-order valence-electron chi connectivity index (χ2n) is 4.19. The van der Waals surface area contributed by atoms with Crippen molar-refractivity contribution in [2.75, 3.05) is 13.3 Å². The molecule has 0 aliphatic rings. The first-order valence-electron chi connectivity index (χ1n) is 5.84. The van der Waals surface area contributed by atoms with Gasteiger partial charge in [-0.15, -0.1) is 0 Å². The van der Waals surface area contributed by atoms with Gasteiger partial charge in [0.25, 0.3) is 0 Å². The Kier molecular flexibility index (Phi) is 6.52. The molecule has 0 bridgehead atoms. The third-order valence-corrected chi connectivity index (χ3v) is 2.87. The standard InChI is InChI=1S/C13H19BrFNO/c1-10(2)16-9-11-4-5-13(12(14)8-11)17-7-3-6-15/h4-5,8,10,16H,3,6-7,9H2,1-2H3. The summed E-state index contributed by atoms with van der Waals surface area (Å²) < 4.78 is 18.3. The van der Waals surface area contributed by atoms with Crippen LogP contribution in [0.4, 0.5) is 4.39 Å².